The molecular weight excluding hydrogens is 240 g/mol. The highest BCUT2D eigenvalue weighted by Crippen LogP contribution is 2.22. The van der Waals surface area contributed by atoms with E-state index >= 15 is 0 Å². The first-order valence-corrected chi connectivity index (χ1v) is 7.99. The standard InChI is InChI=1S/C11H20N2O3S/c1-13(10-3-2-5-12-7-10)11(14)9-4-6-17(15,16)8-9/h9-10,12H,2-8H2,1H3. The van der Waals surface area contributed by atoms with Gasteiger partial charge in [0.05, 0.1) is 17.4 Å². The SMILES string of the molecule is CN(C(=O)C1CCS(=O)(=O)C1)C1CCCNC1. The third-order valence-corrected chi connectivity index (χ3v) is 5.52. The van der Waals surface area contributed by atoms with Gasteiger partial charge in [0, 0.05) is 19.6 Å². The predicted octanol–water partition coefficient (Wildman–Crippen LogP) is -0.368. The molecule has 98 valence electrons. The van der Waals surface area contributed by atoms with E-state index in [-0.39, 0.29) is 29.4 Å². The second-order valence-electron chi connectivity index (χ2n) is 5.05. The summed E-state index contributed by atoms with van der Waals surface area (Å²) < 4.78 is 22.7. The van der Waals surface area contributed by atoms with Crippen molar-refractivity contribution in [1.82, 2.24) is 10.2 Å². The first-order valence-electron chi connectivity index (χ1n) is 6.17. The maximum Gasteiger partial charge on any atom is 0.226 e. The van der Waals surface area contributed by atoms with E-state index in [9.17, 15) is 13.2 Å². The van der Waals surface area contributed by atoms with Gasteiger partial charge >= 0.3 is 0 Å². The summed E-state index contributed by atoms with van der Waals surface area (Å²) in [5.74, 6) is -0.108. The number of sulfone groups is 1. The molecule has 0 saturated carbocycles. The summed E-state index contributed by atoms with van der Waals surface area (Å²) in [6.45, 7) is 1.83. The Morgan fingerprint density at radius 3 is 2.65 bits per heavy atom. The van der Waals surface area contributed by atoms with E-state index in [0.717, 1.165) is 25.9 Å². The summed E-state index contributed by atoms with van der Waals surface area (Å²) in [7, 11) is -1.17. The van der Waals surface area contributed by atoms with Gasteiger partial charge in [-0.3, -0.25) is 4.79 Å². The fourth-order valence-electron chi connectivity index (χ4n) is 2.62. The molecule has 5 nitrogen and oxygen atoms in total. The first-order chi connectivity index (χ1) is 7.99. The van der Waals surface area contributed by atoms with Crippen molar-refractivity contribution in [1.29, 1.82) is 0 Å². The van der Waals surface area contributed by atoms with E-state index in [2.05, 4.69) is 5.32 Å². The van der Waals surface area contributed by atoms with Gasteiger partial charge in [-0.05, 0) is 25.8 Å². The number of likely N-dealkylation sites (N-methyl/N-ethyl adjacent to an activating group) is 1. The molecule has 0 spiro atoms. The predicted molar refractivity (Wildman–Crippen MR) is 65.4 cm³/mol. The number of piperidine rings is 1. The molecule has 2 rings (SSSR count). The normalized spacial score (nSPS) is 32.3. The number of hydrogen-bond donors (Lipinski definition) is 1. The lowest BCUT2D eigenvalue weighted by atomic mass is 10.0. The Kier molecular flexibility index (Phi) is 3.73. The smallest absolute Gasteiger partial charge is 0.226 e. The van der Waals surface area contributed by atoms with Crippen LogP contribution in [-0.4, -0.2) is 56.9 Å². The molecule has 2 saturated heterocycles. The molecule has 0 aromatic heterocycles. The number of rotatable bonds is 2. The number of hydrogen-bond acceptors (Lipinski definition) is 4. The Labute approximate surface area is 102 Å². The Morgan fingerprint density at radius 1 is 1.35 bits per heavy atom. The van der Waals surface area contributed by atoms with Crippen LogP contribution in [0.15, 0.2) is 0 Å². The molecule has 0 aromatic rings. The topological polar surface area (TPSA) is 66.5 Å². The fraction of sp³-hybridized carbons (Fsp3) is 0.909. The highest BCUT2D eigenvalue weighted by molar-refractivity contribution is 7.91. The van der Waals surface area contributed by atoms with Crippen LogP contribution in [0.4, 0.5) is 0 Å². The summed E-state index contributed by atoms with van der Waals surface area (Å²) in [4.78, 5) is 13.9. The minimum Gasteiger partial charge on any atom is -0.341 e. The largest absolute Gasteiger partial charge is 0.341 e. The van der Waals surface area contributed by atoms with E-state index in [0.29, 0.717) is 6.42 Å². The zero-order valence-corrected chi connectivity index (χ0v) is 11.0. The van der Waals surface area contributed by atoms with Gasteiger partial charge in [-0.2, -0.15) is 0 Å². The minimum absolute atomic E-state index is 0.000208. The number of carbonyl (C=O) groups excluding carboxylic acids is 1. The molecular formula is C11H20N2O3S. The lowest BCUT2D eigenvalue weighted by Crippen LogP contribution is -2.48. The first kappa shape index (κ1) is 12.8. The molecule has 2 atom stereocenters. The average Bonchev–Trinajstić information content (AvgIpc) is 2.69. The van der Waals surface area contributed by atoms with Crippen molar-refractivity contribution >= 4 is 15.7 Å². The number of amides is 1. The lowest BCUT2D eigenvalue weighted by molar-refractivity contribution is -0.135. The Morgan fingerprint density at radius 2 is 2.12 bits per heavy atom. The lowest BCUT2D eigenvalue weighted by Gasteiger charge is -2.33. The van der Waals surface area contributed by atoms with Gasteiger partial charge in [0.2, 0.25) is 5.91 Å². The van der Waals surface area contributed by atoms with Gasteiger partial charge in [0.1, 0.15) is 0 Å². The molecule has 0 bridgehead atoms. The van der Waals surface area contributed by atoms with Crippen LogP contribution < -0.4 is 5.32 Å². The van der Waals surface area contributed by atoms with Gasteiger partial charge in [0.25, 0.3) is 0 Å². The maximum atomic E-state index is 12.2. The van der Waals surface area contributed by atoms with Crippen molar-refractivity contribution < 1.29 is 13.2 Å². The van der Waals surface area contributed by atoms with Crippen LogP contribution in [0, 0.1) is 5.92 Å². The van der Waals surface area contributed by atoms with Gasteiger partial charge in [-0.15, -0.1) is 0 Å². The zero-order valence-electron chi connectivity index (χ0n) is 10.2. The zero-order chi connectivity index (χ0) is 12.5. The summed E-state index contributed by atoms with van der Waals surface area (Å²) >= 11 is 0. The molecule has 2 unspecified atom stereocenters. The van der Waals surface area contributed by atoms with Crippen molar-refractivity contribution in [3.8, 4) is 0 Å². The van der Waals surface area contributed by atoms with Gasteiger partial charge in [0.15, 0.2) is 9.84 Å². The quantitative estimate of drug-likeness (QED) is 0.736. The monoisotopic (exact) mass is 260 g/mol. The van der Waals surface area contributed by atoms with E-state index < -0.39 is 9.84 Å². The van der Waals surface area contributed by atoms with Crippen LogP contribution in [0.5, 0.6) is 0 Å². The van der Waals surface area contributed by atoms with Crippen LogP contribution in [-0.2, 0) is 14.6 Å². The van der Waals surface area contributed by atoms with Gasteiger partial charge < -0.3 is 10.2 Å². The molecule has 17 heavy (non-hydrogen) atoms. The minimum atomic E-state index is -2.97. The second kappa shape index (κ2) is 4.94. The van der Waals surface area contributed by atoms with Crippen LogP contribution in [0.1, 0.15) is 19.3 Å². The van der Waals surface area contributed by atoms with Crippen molar-refractivity contribution in [2.45, 2.75) is 25.3 Å². The molecule has 2 fully saturated rings. The van der Waals surface area contributed by atoms with Crippen LogP contribution in [0.25, 0.3) is 0 Å². The molecule has 6 heteroatoms. The van der Waals surface area contributed by atoms with Crippen LogP contribution >= 0.6 is 0 Å². The second-order valence-corrected chi connectivity index (χ2v) is 7.28. The molecule has 2 aliphatic heterocycles. The van der Waals surface area contributed by atoms with Crippen molar-refractivity contribution in [3.05, 3.63) is 0 Å². The molecule has 0 radical (unpaired) electrons. The summed E-state index contributed by atoms with van der Waals surface area (Å²) in [6, 6.07) is 0.222. The van der Waals surface area contributed by atoms with E-state index in [4.69, 9.17) is 0 Å². The third kappa shape index (κ3) is 2.98. The van der Waals surface area contributed by atoms with E-state index in [1.807, 2.05) is 0 Å². The molecule has 1 amide bonds. The number of nitrogens with one attached hydrogen (secondary N) is 1. The van der Waals surface area contributed by atoms with E-state index in [1.54, 1.807) is 11.9 Å². The average molecular weight is 260 g/mol. The van der Waals surface area contributed by atoms with Crippen molar-refractivity contribution in [3.63, 3.8) is 0 Å². The third-order valence-electron chi connectivity index (χ3n) is 3.75. The fourth-order valence-corrected chi connectivity index (χ4v) is 4.35. The summed E-state index contributed by atoms with van der Waals surface area (Å²) in [6.07, 6.45) is 2.58. The Bertz CT molecular complexity index is 388. The summed E-state index contributed by atoms with van der Waals surface area (Å²) in [5, 5.41) is 3.27. The Hall–Kier alpha value is -0.620. The van der Waals surface area contributed by atoms with Gasteiger partial charge in [-0.25, -0.2) is 8.42 Å². The molecule has 2 heterocycles. The number of carbonyl (C=O) groups is 1. The molecule has 0 aromatic carbocycles. The Balaban J connectivity index is 1.95. The molecule has 0 aliphatic carbocycles. The van der Waals surface area contributed by atoms with Crippen molar-refractivity contribution in [2.75, 3.05) is 31.6 Å². The molecule has 2 aliphatic rings. The highest BCUT2D eigenvalue weighted by atomic mass is 32.2. The van der Waals surface area contributed by atoms with Crippen LogP contribution in [0.2, 0.25) is 0 Å². The van der Waals surface area contributed by atoms with Crippen LogP contribution in [0.3, 0.4) is 0 Å². The number of nitrogens with zero attached hydrogens (tertiary/aromatic N) is 1. The molecule has 1 N–H and O–H groups in total. The summed E-state index contributed by atoms with van der Waals surface area (Å²) in [5.41, 5.74) is 0. The highest BCUT2D eigenvalue weighted by Gasteiger charge is 2.36. The maximum absolute atomic E-state index is 12.2. The van der Waals surface area contributed by atoms with E-state index in [1.165, 1.54) is 0 Å². The van der Waals surface area contributed by atoms with Gasteiger partial charge in [-0.1, -0.05) is 0 Å². The van der Waals surface area contributed by atoms with Crippen molar-refractivity contribution in [2.24, 2.45) is 5.92 Å².